The Morgan fingerprint density at radius 3 is 1.10 bits per heavy atom. The van der Waals surface area contributed by atoms with Crippen molar-refractivity contribution in [2.45, 2.75) is 106 Å². The van der Waals surface area contributed by atoms with E-state index in [2.05, 4.69) is 103 Å². The fourth-order valence-electron chi connectivity index (χ4n) is 2.78. The third-order valence-corrected chi connectivity index (χ3v) is 4.84. The van der Waals surface area contributed by atoms with Crippen molar-refractivity contribution in [2.75, 3.05) is 39.3 Å². The van der Waals surface area contributed by atoms with Gasteiger partial charge in [-0.25, -0.2) is 0 Å². The number of hydrogen-bond donors (Lipinski definition) is 0. The SMILES string of the molecule is C#CCN(CCC)C(C)(C)C.C#CCN(CCC)C(C)(C)C.CC(C)(C)N1CC1. The number of nitrogens with zero attached hydrogens (tertiary/aromatic N) is 3. The highest BCUT2D eigenvalue weighted by atomic mass is 15.3. The molecule has 0 N–H and O–H groups in total. The predicted octanol–water partition coefficient (Wildman–Crippen LogP) is 5.36. The molecule has 0 bridgehead atoms. The first-order valence-corrected chi connectivity index (χ1v) is 11.3. The maximum Gasteiger partial charge on any atom is 0.0603 e. The summed E-state index contributed by atoms with van der Waals surface area (Å²) in [6.07, 6.45) is 12.9. The van der Waals surface area contributed by atoms with Crippen LogP contribution in [0, 0.1) is 24.7 Å². The summed E-state index contributed by atoms with van der Waals surface area (Å²) in [6.45, 7) is 30.6. The number of hydrogen-bond acceptors (Lipinski definition) is 3. The van der Waals surface area contributed by atoms with Crippen molar-refractivity contribution in [1.29, 1.82) is 0 Å². The quantitative estimate of drug-likeness (QED) is 0.435. The highest BCUT2D eigenvalue weighted by Crippen LogP contribution is 2.20. The van der Waals surface area contributed by atoms with Gasteiger partial charge in [0.05, 0.1) is 13.1 Å². The standard InChI is InChI=1S/2C10H19N.C6H13N/c2*1-6-8-11(9-7-2)10(3,4)5;1-6(2,3)7-4-5-7/h2*1H,7-9H2,2-5H3;4-5H2,1-3H3. The zero-order valence-corrected chi connectivity index (χ0v) is 21.7. The van der Waals surface area contributed by atoms with Gasteiger partial charge in [0, 0.05) is 29.7 Å². The molecule has 0 aliphatic carbocycles. The van der Waals surface area contributed by atoms with Crippen LogP contribution in [0.25, 0.3) is 0 Å². The molecule has 0 aromatic heterocycles. The second-order valence-corrected chi connectivity index (χ2v) is 10.8. The van der Waals surface area contributed by atoms with Gasteiger partial charge in [-0.1, -0.05) is 25.7 Å². The average Bonchev–Trinajstić information content (AvgIpc) is 3.39. The van der Waals surface area contributed by atoms with E-state index in [1.807, 2.05) is 0 Å². The van der Waals surface area contributed by atoms with E-state index >= 15 is 0 Å². The van der Waals surface area contributed by atoms with Gasteiger partial charge >= 0.3 is 0 Å². The van der Waals surface area contributed by atoms with Gasteiger partial charge in [-0.3, -0.25) is 14.7 Å². The minimum atomic E-state index is 0.211. The van der Waals surface area contributed by atoms with Gasteiger partial charge in [0.2, 0.25) is 0 Å². The Labute approximate surface area is 184 Å². The summed E-state index contributed by atoms with van der Waals surface area (Å²) in [4.78, 5) is 7.06. The second kappa shape index (κ2) is 14.1. The normalized spacial score (nSPS) is 14.3. The molecule has 1 heterocycles. The van der Waals surface area contributed by atoms with Crippen LogP contribution in [0.3, 0.4) is 0 Å². The molecule has 1 aliphatic rings. The van der Waals surface area contributed by atoms with Crippen LogP contribution in [-0.4, -0.2) is 70.6 Å². The van der Waals surface area contributed by atoms with E-state index in [0.717, 1.165) is 26.2 Å². The minimum Gasteiger partial charge on any atom is -0.296 e. The van der Waals surface area contributed by atoms with Crippen LogP contribution in [0.15, 0.2) is 0 Å². The minimum absolute atomic E-state index is 0.211. The summed E-state index contributed by atoms with van der Waals surface area (Å²) in [7, 11) is 0. The van der Waals surface area contributed by atoms with Crippen molar-refractivity contribution in [3.8, 4) is 24.7 Å². The fraction of sp³-hybridized carbons (Fsp3) is 0.846. The molecule has 0 amide bonds. The molecule has 3 heteroatoms. The van der Waals surface area contributed by atoms with E-state index in [-0.39, 0.29) is 11.1 Å². The first-order valence-electron chi connectivity index (χ1n) is 11.3. The summed E-state index contributed by atoms with van der Waals surface area (Å²) < 4.78 is 0. The Morgan fingerprint density at radius 1 is 0.690 bits per heavy atom. The van der Waals surface area contributed by atoms with Gasteiger partial charge in [0.25, 0.3) is 0 Å². The zero-order valence-electron chi connectivity index (χ0n) is 21.7. The lowest BCUT2D eigenvalue weighted by Crippen LogP contribution is -2.41. The molecule has 0 saturated carbocycles. The summed E-state index contributed by atoms with van der Waals surface area (Å²) in [6, 6.07) is 0. The molecule has 0 spiro atoms. The molecule has 0 aromatic carbocycles. The average molecular weight is 406 g/mol. The molecule has 1 fully saturated rings. The number of terminal acetylenes is 2. The highest BCUT2D eigenvalue weighted by Gasteiger charge is 2.29. The fourth-order valence-corrected chi connectivity index (χ4v) is 2.78. The summed E-state index contributed by atoms with van der Waals surface area (Å²) in [5.41, 5.74) is 0.866. The van der Waals surface area contributed by atoms with Crippen LogP contribution in [0.2, 0.25) is 0 Å². The van der Waals surface area contributed by atoms with E-state index in [1.165, 1.54) is 25.9 Å². The van der Waals surface area contributed by atoms with Crippen molar-refractivity contribution in [3.63, 3.8) is 0 Å². The van der Waals surface area contributed by atoms with Crippen LogP contribution in [-0.2, 0) is 0 Å². The molecular formula is C26H51N3. The van der Waals surface area contributed by atoms with Crippen LogP contribution in [0.4, 0.5) is 0 Å². The molecule has 29 heavy (non-hydrogen) atoms. The van der Waals surface area contributed by atoms with Crippen molar-refractivity contribution >= 4 is 0 Å². The molecule has 170 valence electrons. The molecule has 1 saturated heterocycles. The lowest BCUT2D eigenvalue weighted by atomic mass is 10.1. The zero-order chi connectivity index (χ0) is 23.3. The topological polar surface area (TPSA) is 9.49 Å². The lowest BCUT2D eigenvalue weighted by Gasteiger charge is -2.33. The third-order valence-electron chi connectivity index (χ3n) is 4.84. The molecule has 1 rings (SSSR count). The Balaban J connectivity index is 0. The van der Waals surface area contributed by atoms with Crippen LogP contribution >= 0.6 is 0 Å². The second-order valence-electron chi connectivity index (χ2n) is 10.8. The van der Waals surface area contributed by atoms with Gasteiger partial charge in [0.15, 0.2) is 0 Å². The molecule has 0 atom stereocenters. The lowest BCUT2D eigenvalue weighted by molar-refractivity contribution is 0.157. The van der Waals surface area contributed by atoms with E-state index in [9.17, 15) is 0 Å². The molecule has 0 aromatic rings. The summed E-state index contributed by atoms with van der Waals surface area (Å²) in [5, 5.41) is 0. The highest BCUT2D eigenvalue weighted by molar-refractivity contribution is 4.92. The maximum atomic E-state index is 5.26. The van der Waals surface area contributed by atoms with Gasteiger partial charge in [0.1, 0.15) is 0 Å². The first-order chi connectivity index (χ1) is 13.1. The molecule has 1 aliphatic heterocycles. The molecular weight excluding hydrogens is 354 g/mol. The molecule has 3 nitrogen and oxygen atoms in total. The third kappa shape index (κ3) is 16.5. The maximum absolute atomic E-state index is 5.26. The van der Waals surface area contributed by atoms with Gasteiger partial charge in [-0.05, 0) is 88.2 Å². The monoisotopic (exact) mass is 405 g/mol. The van der Waals surface area contributed by atoms with Crippen LogP contribution < -0.4 is 0 Å². The van der Waals surface area contributed by atoms with Crippen molar-refractivity contribution < 1.29 is 0 Å². The molecule has 0 unspecified atom stereocenters. The predicted molar refractivity (Wildman–Crippen MR) is 132 cm³/mol. The smallest absolute Gasteiger partial charge is 0.0603 e. The van der Waals surface area contributed by atoms with Crippen molar-refractivity contribution in [2.24, 2.45) is 0 Å². The summed E-state index contributed by atoms with van der Waals surface area (Å²) >= 11 is 0. The Hall–Kier alpha value is -1.00. The Kier molecular flexibility index (Phi) is 14.7. The Bertz CT molecular complexity index is 448. The van der Waals surface area contributed by atoms with E-state index < -0.39 is 0 Å². The largest absolute Gasteiger partial charge is 0.296 e. The Morgan fingerprint density at radius 2 is 1.00 bits per heavy atom. The van der Waals surface area contributed by atoms with Gasteiger partial charge in [-0.2, -0.15) is 0 Å². The van der Waals surface area contributed by atoms with E-state index in [4.69, 9.17) is 12.8 Å². The van der Waals surface area contributed by atoms with Crippen molar-refractivity contribution in [3.05, 3.63) is 0 Å². The van der Waals surface area contributed by atoms with Crippen LogP contribution in [0.1, 0.15) is 89.0 Å². The summed E-state index contributed by atoms with van der Waals surface area (Å²) in [5.74, 6) is 5.37. The van der Waals surface area contributed by atoms with E-state index in [0.29, 0.717) is 5.54 Å². The van der Waals surface area contributed by atoms with E-state index in [1.54, 1.807) is 0 Å². The van der Waals surface area contributed by atoms with Gasteiger partial charge in [-0.15, -0.1) is 12.8 Å². The van der Waals surface area contributed by atoms with Crippen LogP contribution in [0.5, 0.6) is 0 Å². The number of rotatable bonds is 6. The molecule has 0 radical (unpaired) electrons. The van der Waals surface area contributed by atoms with Crippen molar-refractivity contribution in [1.82, 2.24) is 14.7 Å². The van der Waals surface area contributed by atoms with Gasteiger partial charge < -0.3 is 0 Å². The first kappa shape index (κ1) is 30.2.